The smallest absolute Gasteiger partial charge is 0.460 e. The van der Waals surface area contributed by atoms with Crippen molar-refractivity contribution in [3.05, 3.63) is 42.0 Å². The molecular weight excluding hydrogens is 575 g/mol. The molecule has 1 amide bonds. The van der Waals surface area contributed by atoms with Gasteiger partial charge in [-0.3, -0.25) is 4.79 Å². The Hall–Kier alpha value is -3.31. The van der Waals surface area contributed by atoms with Crippen molar-refractivity contribution in [2.24, 2.45) is 5.10 Å². The summed E-state index contributed by atoms with van der Waals surface area (Å²) in [5, 5.41) is 21.1. The number of aromatic hydroxyl groups is 1. The third-order valence-corrected chi connectivity index (χ3v) is 4.53. The van der Waals surface area contributed by atoms with Crippen LogP contribution in [0.25, 0.3) is 10.8 Å². The van der Waals surface area contributed by atoms with Crippen LogP contribution in [-0.2, 0) is 4.79 Å². The van der Waals surface area contributed by atoms with Crippen molar-refractivity contribution in [1.29, 1.82) is 0 Å². The van der Waals surface area contributed by atoms with Crippen LogP contribution in [0.3, 0.4) is 0 Å². The van der Waals surface area contributed by atoms with Gasteiger partial charge in [0.1, 0.15) is 5.75 Å². The number of aliphatic hydroxyl groups excluding tert-OH is 1. The normalized spacial score (nSPS) is 14.0. The van der Waals surface area contributed by atoms with Crippen molar-refractivity contribution in [3.8, 4) is 5.75 Å². The Morgan fingerprint density at radius 1 is 0.795 bits per heavy atom. The highest BCUT2D eigenvalue weighted by Gasteiger charge is 2.91. The lowest BCUT2D eigenvalue weighted by molar-refractivity contribution is -0.436. The van der Waals surface area contributed by atoms with Gasteiger partial charge in [-0.15, -0.1) is 0 Å². The van der Waals surface area contributed by atoms with Crippen molar-refractivity contribution in [2.75, 3.05) is 0 Å². The fourth-order valence-corrected chi connectivity index (χ4v) is 2.56. The Morgan fingerprint density at radius 3 is 1.74 bits per heavy atom. The number of hydrogen-bond acceptors (Lipinski definition) is 4. The monoisotopic (exact) mass is 592 g/mol. The number of phenolic OH excluding ortho intramolecular Hbond substituents is 1. The molecule has 0 saturated carbocycles. The van der Waals surface area contributed by atoms with Gasteiger partial charge in [0.25, 0.3) is 0 Å². The number of phenols is 1. The number of rotatable bonds is 7. The summed E-state index contributed by atoms with van der Waals surface area (Å²) < 4.78 is 170. The van der Waals surface area contributed by atoms with Crippen LogP contribution in [0.5, 0.6) is 5.75 Å². The molecule has 18 heteroatoms. The Labute approximate surface area is 209 Å². The number of hydrogen-bond donors (Lipinski definition) is 3. The quantitative estimate of drug-likeness (QED) is 0.206. The molecular formula is C21H17F13N2O3. The summed E-state index contributed by atoms with van der Waals surface area (Å²) in [4.78, 5) is 11.4. The van der Waals surface area contributed by atoms with E-state index in [0.717, 1.165) is 6.07 Å². The first-order valence-corrected chi connectivity index (χ1v) is 10.1. The van der Waals surface area contributed by atoms with Crippen molar-refractivity contribution in [3.63, 3.8) is 0 Å². The molecule has 0 aliphatic heterocycles. The van der Waals surface area contributed by atoms with E-state index in [1.54, 1.807) is 13.8 Å². The van der Waals surface area contributed by atoms with E-state index in [2.05, 4.69) is 5.10 Å². The molecule has 0 aliphatic carbocycles. The fraction of sp³-hybridized carbons (Fsp3) is 0.429. The molecule has 0 atom stereocenters. The van der Waals surface area contributed by atoms with Crippen molar-refractivity contribution in [2.45, 2.75) is 55.7 Å². The Morgan fingerprint density at radius 2 is 1.26 bits per heavy atom. The molecule has 0 saturated heterocycles. The van der Waals surface area contributed by atoms with E-state index in [9.17, 15) is 67.0 Å². The average Bonchev–Trinajstić information content (AvgIpc) is 2.78. The van der Waals surface area contributed by atoms with Gasteiger partial charge in [-0.25, -0.2) is 5.43 Å². The minimum absolute atomic E-state index is 0.142. The minimum Gasteiger partial charge on any atom is -0.507 e. The molecule has 39 heavy (non-hydrogen) atoms. The molecule has 0 radical (unpaired) electrons. The summed E-state index contributed by atoms with van der Waals surface area (Å²) in [7, 11) is 0. The SMILES string of the molecule is CC(C)O.O=C(N/N=C/c1c(O)ccc2ccccc12)C(F)(F)C(F)(F)C(F)(F)C(F)(F)C(F)(F)C(F)(F)F. The standard InChI is InChI=1S/C18H9F13N2O2.C3H8O/c19-13(20,14(21,22)15(23,24)16(25,26)17(27,28)18(29,30)31)12(35)33-32-7-10-9-4-2-1-3-8(9)5-6-11(10)34;1-3(2)4/h1-7,34H,(H,33,35);3-4H,1-2H3/b32-7+;. The van der Waals surface area contributed by atoms with Crippen LogP contribution < -0.4 is 5.43 Å². The molecule has 0 heterocycles. The lowest BCUT2D eigenvalue weighted by Gasteiger charge is -2.38. The summed E-state index contributed by atoms with van der Waals surface area (Å²) in [5.41, 5.74) is 0.230. The van der Waals surface area contributed by atoms with E-state index >= 15 is 0 Å². The number of aliphatic hydroxyl groups is 1. The summed E-state index contributed by atoms with van der Waals surface area (Å²) in [6, 6.07) is 8.11. The number of carbonyl (C=O) groups is 1. The minimum atomic E-state index is -8.12. The lowest BCUT2D eigenvalue weighted by Crippen LogP contribution is -2.71. The highest BCUT2D eigenvalue weighted by molar-refractivity contribution is 6.02. The Balaban J connectivity index is 0.00000177. The maximum atomic E-state index is 13.7. The maximum Gasteiger partial charge on any atom is 0.460 e. The third-order valence-electron chi connectivity index (χ3n) is 4.53. The van der Waals surface area contributed by atoms with Crippen molar-refractivity contribution in [1.82, 2.24) is 5.43 Å². The summed E-state index contributed by atoms with van der Waals surface area (Å²) in [5.74, 6) is -43.1. The zero-order valence-corrected chi connectivity index (χ0v) is 19.3. The first-order valence-electron chi connectivity index (χ1n) is 10.1. The number of nitrogens with one attached hydrogen (secondary N) is 1. The van der Waals surface area contributed by atoms with Crippen LogP contribution in [0.2, 0.25) is 0 Å². The summed E-state index contributed by atoms with van der Waals surface area (Å²) in [6.07, 6.45) is -7.37. The summed E-state index contributed by atoms with van der Waals surface area (Å²) >= 11 is 0. The van der Waals surface area contributed by atoms with E-state index in [1.165, 1.54) is 30.3 Å². The zero-order chi connectivity index (χ0) is 30.8. The second kappa shape index (κ2) is 11.1. The maximum absolute atomic E-state index is 13.7. The number of carbonyl (C=O) groups excluding carboxylic acids is 1. The average molecular weight is 592 g/mol. The molecule has 0 aromatic heterocycles. The zero-order valence-electron chi connectivity index (χ0n) is 19.3. The van der Waals surface area contributed by atoms with E-state index in [-0.39, 0.29) is 17.1 Å². The largest absolute Gasteiger partial charge is 0.507 e. The van der Waals surface area contributed by atoms with Gasteiger partial charge in [0.15, 0.2) is 0 Å². The van der Waals surface area contributed by atoms with E-state index < -0.39 is 47.4 Å². The second-order valence-corrected chi connectivity index (χ2v) is 7.88. The second-order valence-electron chi connectivity index (χ2n) is 7.88. The molecule has 0 bridgehead atoms. The number of benzene rings is 2. The summed E-state index contributed by atoms with van der Waals surface area (Å²) in [6.45, 7) is 3.44. The predicted octanol–water partition coefficient (Wildman–Crippen LogP) is 6.12. The van der Waals surface area contributed by atoms with Gasteiger partial charge in [-0.1, -0.05) is 30.3 Å². The van der Waals surface area contributed by atoms with Crippen LogP contribution in [0.1, 0.15) is 19.4 Å². The van der Waals surface area contributed by atoms with Crippen molar-refractivity contribution < 1.29 is 72.1 Å². The van der Waals surface area contributed by atoms with E-state index in [1.807, 2.05) is 0 Å². The molecule has 2 aromatic rings. The highest BCUT2D eigenvalue weighted by atomic mass is 19.4. The number of halogens is 13. The van der Waals surface area contributed by atoms with Crippen LogP contribution in [0.15, 0.2) is 41.5 Å². The van der Waals surface area contributed by atoms with Gasteiger partial charge < -0.3 is 10.2 Å². The Bertz CT molecular complexity index is 1190. The van der Waals surface area contributed by atoms with Crippen LogP contribution in [0, 0.1) is 0 Å². The van der Waals surface area contributed by atoms with Crippen LogP contribution in [0.4, 0.5) is 57.1 Å². The molecule has 2 aromatic carbocycles. The molecule has 2 rings (SSSR count). The van der Waals surface area contributed by atoms with Gasteiger partial charge in [-0.2, -0.15) is 62.2 Å². The number of amides is 1. The van der Waals surface area contributed by atoms with Gasteiger partial charge in [0, 0.05) is 11.7 Å². The Kier molecular flexibility index (Phi) is 9.55. The van der Waals surface area contributed by atoms with Gasteiger partial charge in [-0.05, 0) is 30.7 Å². The van der Waals surface area contributed by atoms with Crippen molar-refractivity contribution >= 4 is 22.9 Å². The number of nitrogens with zero attached hydrogens (tertiary/aromatic N) is 1. The topological polar surface area (TPSA) is 81.9 Å². The molecule has 0 unspecified atom stereocenters. The van der Waals surface area contributed by atoms with E-state index in [0.29, 0.717) is 17.0 Å². The fourth-order valence-electron chi connectivity index (χ4n) is 2.56. The van der Waals surface area contributed by atoms with Gasteiger partial charge in [0.05, 0.1) is 6.21 Å². The molecule has 0 aliphatic rings. The first-order chi connectivity index (χ1) is 17.4. The van der Waals surface area contributed by atoms with Gasteiger partial charge in [0.2, 0.25) is 0 Å². The van der Waals surface area contributed by atoms with Crippen LogP contribution >= 0.6 is 0 Å². The molecule has 0 fully saturated rings. The molecule has 5 nitrogen and oxygen atoms in total. The van der Waals surface area contributed by atoms with Gasteiger partial charge >= 0.3 is 41.7 Å². The highest BCUT2D eigenvalue weighted by Crippen LogP contribution is 2.60. The number of fused-ring (bicyclic) bond motifs is 1. The lowest BCUT2D eigenvalue weighted by atomic mass is 9.93. The predicted molar refractivity (Wildman–Crippen MR) is 109 cm³/mol. The first kappa shape index (κ1) is 33.7. The molecule has 3 N–H and O–H groups in total. The number of alkyl halides is 13. The van der Waals surface area contributed by atoms with E-state index in [4.69, 9.17) is 5.11 Å². The number of hydrazone groups is 1. The third kappa shape index (κ3) is 6.14. The molecule has 220 valence electrons. The van der Waals surface area contributed by atoms with Crippen LogP contribution in [-0.4, -0.2) is 64.2 Å². The molecule has 0 spiro atoms.